The number of ether oxygens (including phenoxy) is 1. The molecule has 1 aromatic carbocycles. The third-order valence-electron chi connectivity index (χ3n) is 6.13. The summed E-state index contributed by atoms with van der Waals surface area (Å²) < 4.78 is 5.22. The molecule has 10 nitrogen and oxygen atoms in total. The van der Waals surface area contributed by atoms with Gasteiger partial charge >= 0.3 is 0 Å². The summed E-state index contributed by atoms with van der Waals surface area (Å²) in [5, 5.41) is 16.4. The van der Waals surface area contributed by atoms with Gasteiger partial charge in [0.05, 0.1) is 24.7 Å². The topological polar surface area (TPSA) is 115 Å². The number of aliphatic imine (C=N–C) groups is 2. The van der Waals surface area contributed by atoms with Crippen LogP contribution < -0.4 is 20.3 Å². The number of hydrogen-bond acceptors (Lipinski definition) is 9. The number of rotatable bonds is 4. The van der Waals surface area contributed by atoms with Gasteiger partial charge in [-0.25, -0.2) is 9.98 Å². The molecule has 5 rings (SSSR count). The number of phenolic OH excluding ortho intramolecular Hbond substituents is 1. The van der Waals surface area contributed by atoms with Crippen molar-refractivity contribution in [3.05, 3.63) is 41.7 Å². The Labute approximate surface area is 192 Å². The Kier molecular flexibility index (Phi) is 5.82. The fourth-order valence-corrected chi connectivity index (χ4v) is 4.39. The minimum atomic E-state index is -0.569. The highest BCUT2D eigenvalue weighted by molar-refractivity contribution is 6.02. The predicted molar refractivity (Wildman–Crippen MR) is 126 cm³/mol. The zero-order chi connectivity index (χ0) is 22.8. The quantitative estimate of drug-likeness (QED) is 0.646. The largest absolute Gasteiger partial charge is 0.504 e. The number of benzene rings is 1. The van der Waals surface area contributed by atoms with Gasteiger partial charge in [-0.05, 0) is 29.3 Å². The number of hydrogen-bond donors (Lipinski definition) is 3. The van der Waals surface area contributed by atoms with E-state index in [2.05, 4.69) is 30.5 Å². The summed E-state index contributed by atoms with van der Waals surface area (Å²) in [4.78, 5) is 30.6. The minimum Gasteiger partial charge on any atom is -0.504 e. The van der Waals surface area contributed by atoms with E-state index in [0.717, 1.165) is 43.0 Å². The monoisotopic (exact) mass is 449 g/mol. The summed E-state index contributed by atoms with van der Waals surface area (Å²) in [6.07, 6.45) is 5.62. The number of pyridine rings is 1. The molecule has 172 valence electrons. The molecule has 4 heterocycles. The first-order chi connectivity index (χ1) is 16.1. The number of fused-ring (bicyclic) bond motifs is 1. The first-order valence-corrected chi connectivity index (χ1v) is 11.1. The molecule has 3 N–H and O–H groups in total. The van der Waals surface area contributed by atoms with Crippen molar-refractivity contribution in [3.8, 4) is 11.5 Å². The smallest absolute Gasteiger partial charge is 0.249 e. The van der Waals surface area contributed by atoms with Crippen molar-refractivity contribution in [2.24, 2.45) is 9.98 Å². The summed E-state index contributed by atoms with van der Waals surface area (Å²) in [5.41, 5.74) is 3.70. The number of guanidine groups is 1. The van der Waals surface area contributed by atoms with Gasteiger partial charge in [0.25, 0.3) is 0 Å². The van der Waals surface area contributed by atoms with Crippen LogP contribution in [-0.4, -0.2) is 72.4 Å². The van der Waals surface area contributed by atoms with Gasteiger partial charge in [0.1, 0.15) is 6.04 Å². The standard InChI is InChI=1S/C23H27N7O3/c1-33-21-11-16-14-30(13-15(16)10-20(21)31)23-26-5-2-17(28-23)22(32)27-18-12-25-4-3-19(18)29-8-6-24-7-9-29/h3-5,10-12,17,24,31H,2,6-9,13-14H2,1H3,(H,27,32). The second kappa shape index (κ2) is 9.07. The molecule has 1 aromatic heterocycles. The number of methoxy groups -OCH3 is 1. The van der Waals surface area contributed by atoms with E-state index in [-0.39, 0.29) is 11.7 Å². The van der Waals surface area contributed by atoms with E-state index < -0.39 is 6.04 Å². The Morgan fingerprint density at radius 1 is 1.21 bits per heavy atom. The van der Waals surface area contributed by atoms with Crippen LogP contribution in [0.5, 0.6) is 11.5 Å². The number of carbonyl (C=O) groups is 1. The van der Waals surface area contributed by atoms with Crippen LogP contribution in [0.2, 0.25) is 0 Å². The van der Waals surface area contributed by atoms with Gasteiger partial charge in [0.15, 0.2) is 11.5 Å². The third kappa shape index (κ3) is 4.34. The van der Waals surface area contributed by atoms with Crippen molar-refractivity contribution in [2.45, 2.75) is 25.6 Å². The van der Waals surface area contributed by atoms with Gasteiger partial charge in [-0.15, -0.1) is 0 Å². The molecule has 10 heteroatoms. The Balaban J connectivity index is 1.30. The molecule has 1 unspecified atom stereocenters. The molecular weight excluding hydrogens is 422 g/mol. The Hall–Kier alpha value is -3.66. The number of piperazine rings is 1. The summed E-state index contributed by atoms with van der Waals surface area (Å²) in [6, 6.07) is 4.91. The van der Waals surface area contributed by atoms with E-state index in [0.29, 0.717) is 36.9 Å². The van der Waals surface area contributed by atoms with Crippen molar-refractivity contribution in [1.82, 2.24) is 15.2 Å². The maximum Gasteiger partial charge on any atom is 0.249 e. The van der Waals surface area contributed by atoms with E-state index >= 15 is 0 Å². The lowest BCUT2D eigenvalue weighted by Crippen LogP contribution is -2.44. The molecule has 3 aliphatic rings. The third-order valence-corrected chi connectivity index (χ3v) is 6.13. The lowest BCUT2D eigenvalue weighted by Gasteiger charge is -2.31. The van der Waals surface area contributed by atoms with Crippen LogP contribution in [0.4, 0.5) is 11.4 Å². The zero-order valence-corrected chi connectivity index (χ0v) is 18.5. The van der Waals surface area contributed by atoms with Crippen LogP contribution in [0.25, 0.3) is 0 Å². The number of aromatic hydroxyl groups is 1. The molecule has 1 fully saturated rings. The van der Waals surface area contributed by atoms with Gasteiger partial charge in [0.2, 0.25) is 11.9 Å². The number of amides is 1. The van der Waals surface area contributed by atoms with Crippen molar-refractivity contribution in [1.29, 1.82) is 0 Å². The highest BCUT2D eigenvalue weighted by Gasteiger charge is 2.28. The van der Waals surface area contributed by atoms with E-state index in [1.807, 2.05) is 17.0 Å². The second-order valence-corrected chi connectivity index (χ2v) is 8.26. The number of anilines is 2. The molecule has 1 atom stereocenters. The van der Waals surface area contributed by atoms with Crippen molar-refractivity contribution >= 4 is 29.5 Å². The number of nitrogens with zero attached hydrogens (tertiary/aromatic N) is 5. The number of nitrogens with one attached hydrogen (secondary N) is 2. The molecule has 33 heavy (non-hydrogen) atoms. The SMILES string of the molecule is COc1cc2c(cc1O)CN(C1=NC(C(=O)Nc3cnccc3N3CCNCC3)CC=N1)C2. The van der Waals surface area contributed by atoms with Gasteiger partial charge < -0.3 is 30.3 Å². The molecule has 0 bridgehead atoms. The van der Waals surface area contributed by atoms with Crippen LogP contribution >= 0.6 is 0 Å². The Morgan fingerprint density at radius 2 is 2.00 bits per heavy atom. The number of phenols is 1. The molecule has 3 aliphatic heterocycles. The maximum atomic E-state index is 13.1. The van der Waals surface area contributed by atoms with Crippen LogP contribution in [0, 0.1) is 0 Å². The van der Waals surface area contributed by atoms with E-state index in [1.54, 1.807) is 24.7 Å². The number of carbonyl (C=O) groups excluding carboxylic acids is 1. The molecule has 2 aromatic rings. The molecule has 0 spiro atoms. The summed E-state index contributed by atoms with van der Waals surface area (Å²) in [6.45, 7) is 4.72. The van der Waals surface area contributed by atoms with Crippen LogP contribution in [0.3, 0.4) is 0 Å². The predicted octanol–water partition coefficient (Wildman–Crippen LogP) is 1.36. The molecule has 1 amide bonds. The molecule has 1 saturated heterocycles. The molecule has 0 radical (unpaired) electrons. The van der Waals surface area contributed by atoms with Crippen LogP contribution in [-0.2, 0) is 17.9 Å². The minimum absolute atomic E-state index is 0.112. The molecule has 0 saturated carbocycles. The second-order valence-electron chi connectivity index (χ2n) is 8.26. The first kappa shape index (κ1) is 21.2. The Bertz CT molecular complexity index is 1110. The normalized spacial score (nSPS) is 19.8. The van der Waals surface area contributed by atoms with Gasteiger partial charge in [-0.3, -0.25) is 9.78 Å². The van der Waals surface area contributed by atoms with E-state index in [9.17, 15) is 9.90 Å². The fraction of sp³-hybridized carbons (Fsp3) is 0.391. The summed E-state index contributed by atoms with van der Waals surface area (Å²) in [5.74, 6) is 0.892. The first-order valence-electron chi connectivity index (χ1n) is 11.1. The fourth-order valence-electron chi connectivity index (χ4n) is 4.39. The average Bonchev–Trinajstić information content (AvgIpc) is 3.27. The summed E-state index contributed by atoms with van der Waals surface area (Å²) in [7, 11) is 1.53. The molecular formula is C23H27N7O3. The molecule has 0 aliphatic carbocycles. The van der Waals surface area contributed by atoms with Crippen LogP contribution in [0.15, 0.2) is 40.6 Å². The highest BCUT2D eigenvalue weighted by Crippen LogP contribution is 2.34. The van der Waals surface area contributed by atoms with E-state index in [1.165, 1.54) is 7.11 Å². The van der Waals surface area contributed by atoms with Gasteiger partial charge in [-0.2, -0.15) is 0 Å². The lowest BCUT2D eigenvalue weighted by atomic mass is 10.1. The lowest BCUT2D eigenvalue weighted by molar-refractivity contribution is -0.117. The van der Waals surface area contributed by atoms with Crippen molar-refractivity contribution < 1.29 is 14.6 Å². The summed E-state index contributed by atoms with van der Waals surface area (Å²) >= 11 is 0. The van der Waals surface area contributed by atoms with Crippen molar-refractivity contribution in [3.63, 3.8) is 0 Å². The maximum absolute atomic E-state index is 13.1. The van der Waals surface area contributed by atoms with E-state index in [4.69, 9.17) is 4.74 Å². The Morgan fingerprint density at radius 3 is 2.79 bits per heavy atom. The van der Waals surface area contributed by atoms with Gasteiger partial charge in [0, 0.05) is 58.1 Å². The van der Waals surface area contributed by atoms with Crippen molar-refractivity contribution in [2.75, 3.05) is 43.5 Å². The zero-order valence-electron chi connectivity index (χ0n) is 18.5. The highest BCUT2D eigenvalue weighted by atomic mass is 16.5. The number of aromatic nitrogens is 1. The average molecular weight is 450 g/mol. The van der Waals surface area contributed by atoms with Gasteiger partial charge in [-0.1, -0.05) is 0 Å². The van der Waals surface area contributed by atoms with Crippen LogP contribution in [0.1, 0.15) is 17.5 Å².